The van der Waals surface area contributed by atoms with Gasteiger partial charge in [0.25, 0.3) is 0 Å². The monoisotopic (exact) mass is 224 g/mol. The Morgan fingerprint density at radius 1 is 1.19 bits per heavy atom. The lowest BCUT2D eigenvalue weighted by molar-refractivity contribution is -0.139. The van der Waals surface area contributed by atoms with E-state index in [1.165, 1.54) is 12.8 Å². The molecule has 0 aliphatic rings. The van der Waals surface area contributed by atoms with Crippen molar-refractivity contribution in [2.45, 2.75) is 52.9 Å². The molecule has 0 aliphatic carbocycles. The second-order valence-electron chi connectivity index (χ2n) is 3.86. The van der Waals surface area contributed by atoms with Crippen molar-refractivity contribution in [3.05, 3.63) is 23.8 Å². The highest BCUT2D eigenvalue weighted by molar-refractivity contribution is 5.87. The van der Waals surface area contributed by atoms with Crippen molar-refractivity contribution < 1.29 is 9.53 Å². The average molecular weight is 224 g/mol. The van der Waals surface area contributed by atoms with Crippen LogP contribution >= 0.6 is 0 Å². The molecule has 0 amide bonds. The molecule has 0 fully saturated rings. The fourth-order valence-electron chi connectivity index (χ4n) is 1.16. The van der Waals surface area contributed by atoms with E-state index in [4.69, 9.17) is 4.74 Å². The Morgan fingerprint density at radius 3 is 2.38 bits per heavy atom. The Kier molecular flexibility index (Phi) is 9.78. The summed E-state index contributed by atoms with van der Waals surface area (Å²) in [6.07, 6.45) is 11.7. The predicted octanol–water partition coefficient (Wildman–Crippen LogP) is 4.02. The van der Waals surface area contributed by atoms with E-state index in [0.29, 0.717) is 12.2 Å². The van der Waals surface area contributed by atoms with Crippen molar-refractivity contribution in [3.63, 3.8) is 0 Å². The van der Waals surface area contributed by atoms with Crippen LogP contribution in [0, 0.1) is 0 Å². The molecule has 0 aromatic rings. The number of hydrogen-bond donors (Lipinski definition) is 0. The Hall–Kier alpha value is -1.05. The summed E-state index contributed by atoms with van der Waals surface area (Å²) in [5.74, 6) is -0.197. The van der Waals surface area contributed by atoms with E-state index in [2.05, 4.69) is 19.1 Å². The number of hydrogen-bond acceptors (Lipinski definition) is 2. The second kappa shape index (κ2) is 10.5. The van der Waals surface area contributed by atoms with E-state index in [1.54, 1.807) is 13.0 Å². The molecule has 2 heteroatoms. The van der Waals surface area contributed by atoms with Crippen molar-refractivity contribution in [1.29, 1.82) is 0 Å². The third-order valence-electron chi connectivity index (χ3n) is 2.39. The first kappa shape index (κ1) is 14.9. The first-order valence-corrected chi connectivity index (χ1v) is 6.17. The van der Waals surface area contributed by atoms with Gasteiger partial charge in [-0.15, -0.1) is 0 Å². The summed E-state index contributed by atoms with van der Waals surface area (Å²) in [5, 5.41) is 0. The first-order chi connectivity index (χ1) is 7.72. The van der Waals surface area contributed by atoms with Crippen LogP contribution in [0.1, 0.15) is 52.9 Å². The van der Waals surface area contributed by atoms with E-state index in [-0.39, 0.29) is 5.97 Å². The summed E-state index contributed by atoms with van der Waals surface area (Å²) < 4.78 is 5.08. The summed E-state index contributed by atoms with van der Waals surface area (Å²) in [5.41, 5.74) is 0.679. The number of carbonyl (C=O) groups excluding carboxylic acids is 1. The normalized spacial score (nSPS) is 12.1. The SMILES string of the molecule is C/C=C(\C)C(=O)OCCC/C=C/CCCC. The molecule has 0 rings (SSSR count). The Morgan fingerprint density at radius 2 is 1.81 bits per heavy atom. The van der Waals surface area contributed by atoms with Crippen LogP contribution in [0.2, 0.25) is 0 Å². The summed E-state index contributed by atoms with van der Waals surface area (Å²) >= 11 is 0. The highest BCUT2D eigenvalue weighted by Crippen LogP contribution is 2.00. The van der Waals surface area contributed by atoms with E-state index >= 15 is 0 Å². The van der Waals surface area contributed by atoms with Gasteiger partial charge >= 0.3 is 5.97 Å². The molecule has 0 saturated carbocycles. The maximum atomic E-state index is 11.2. The zero-order valence-corrected chi connectivity index (χ0v) is 10.8. The molecule has 0 bridgehead atoms. The molecule has 0 aromatic heterocycles. The minimum absolute atomic E-state index is 0.197. The quantitative estimate of drug-likeness (QED) is 0.269. The van der Waals surface area contributed by atoms with Gasteiger partial charge in [0.05, 0.1) is 6.61 Å². The minimum Gasteiger partial charge on any atom is -0.462 e. The summed E-state index contributed by atoms with van der Waals surface area (Å²) in [7, 11) is 0. The largest absolute Gasteiger partial charge is 0.462 e. The fourth-order valence-corrected chi connectivity index (χ4v) is 1.16. The summed E-state index contributed by atoms with van der Waals surface area (Å²) in [6.45, 7) is 6.32. The molecule has 16 heavy (non-hydrogen) atoms. The Balaban J connectivity index is 3.40. The third kappa shape index (κ3) is 8.27. The van der Waals surface area contributed by atoms with Crippen LogP contribution in [-0.2, 0) is 9.53 Å². The fraction of sp³-hybridized carbons (Fsp3) is 0.643. The van der Waals surface area contributed by atoms with Crippen molar-refractivity contribution in [3.8, 4) is 0 Å². The predicted molar refractivity (Wildman–Crippen MR) is 68.3 cm³/mol. The number of esters is 1. The third-order valence-corrected chi connectivity index (χ3v) is 2.39. The maximum Gasteiger partial charge on any atom is 0.333 e. The highest BCUT2D eigenvalue weighted by atomic mass is 16.5. The van der Waals surface area contributed by atoms with Gasteiger partial charge in [-0.2, -0.15) is 0 Å². The molecule has 0 unspecified atom stereocenters. The summed E-state index contributed by atoms with van der Waals surface area (Å²) in [6, 6.07) is 0. The number of carbonyl (C=O) groups is 1. The van der Waals surface area contributed by atoms with Crippen LogP contribution < -0.4 is 0 Å². The zero-order valence-electron chi connectivity index (χ0n) is 10.8. The van der Waals surface area contributed by atoms with E-state index in [1.807, 2.05) is 6.92 Å². The van der Waals surface area contributed by atoms with Gasteiger partial charge in [-0.25, -0.2) is 4.79 Å². The van der Waals surface area contributed by atoms with E-state index in [9.17, 15) is 4.79 Å². The van der Waals surface area contributed by atoms with Crippen molar-refractivity contribution >= 4 is 5.97 Å². The van der Waals surface area contributed by atoms with Gasteiger partial charge in [0.1, 0.15) is 0 Å². The molecule has 0 spiro atoms. The molecule has 0 aliphatic heterocycles. The topological polar surface area (TPSA) is 26.3 Å². The van der Waals surface area contributed by atoms with Crippen LogP contribution in [0.15, 0.2) is 23.8 Å². The lowest BCUT2D eigenvalue weighted by Crippen LogP contribution is -2.06. The molecule has 0 N–H and O–H groups in total. The molecule has 0 aromatic carbocycles. The lowest BCUT2D eigenvalue weighted by Gasteiger charge is -2.02. The van der Waals surface area contributed by atoms with Gasteiger partial charge in [-0.05, 0) is 33.1 Å². The molecule has 2 nitrogen and oxygen atoms in total. The van der Waals surface area contributed by atoms with Crippen LogP contribution in [0.4, 0.5) is 0 Å². The average Bonchev–Trinajstić information content (AvgIpc) is 2.31. The number of unbranched alkanes of at least 4 members (excludes halogenated alkanes) is 3. The van der Waals surface area contributed by atoms with Crippen molar-refractivity contribution in [2.75, 3.05) is 6.61 Å². The molecule has 0 saturated heterocycles. The van der Waals surface area contributed by atoms with Crippen LogP contribution in [0.25, 0.3) is 0 Å². The molecule has 0 atom stereocenters. The minimum atomic E-state index is -0.197. The first-order valence-electron chi connectivity index (χ1n) is 6.17. The van der Waals surface area contributed by atoms with Gasteiger partial charge in [0, 0.05) is 5.57 Å². The van der Waals surface area contributed by atoms with Gasteiger partial charge in [-0.1, -0.05) is 38.0 Å². The Bertz CT molecular complexity index is 239. The van der Waals surface area contributed by atoms with E-state index < -0.39 is 0 Å². The number of allylic oxidation sites excluding steroid dienone is 3. The molecule has 0 radical (unpaired) electrons. The van der Waals surface area contributed by atoms with Gasteiger partial charge in [-0.3, -0.25) is 0 Å². The van der Waals surface area contributed by atoms with Gasteiger partial charge in [0.2, 0.25) is 0 Å². The van der Waals surface area contributed by atoms with E-state index in [0.717, 1.165) is 19.3 Å². The van der Waals surface area contributed by atoms with Crippen LogP contribution in [0.3, 0.4) is 0 Å². The lowest BCUT2D eigenvalue weighted by atomic mass is 10.2. The standard InChI is InChI=1S/C14H24O2/c1-4-6-7-8-9-10-11-12-16-14(15)13(3)5-2/h5,8-9H,4,6-7,10-12H2,1-3H3/b9-8+,13-5+. The van der Waals surface area contributed by atoms with Crippen molar-refractivity contribution in [1.82, 2.24) is 0 Å². The van der Waals surface area contributed by atoms with Gasteiger partial charge in [0.15, 0.2) is 0 Å². The molecule has 92 valence electrons. The molecular formula is C14H24O2. The molecule has 0 heterocycles. The maximum absolute atomic E-state index is 11.2. The zero-order chi connectivity index (χ0) is 12.2. The summed E-state index contributed by atoms with van der Waals surface area (Å²) in [4.78, 5) is 11.2. The van der Waals surface area contributed by atoms with Gasteiger partial charge < -0.3 is 4.74 Å². The number of ether oxygens (including phenoxy) is 1. The van der Waals surface area contributed by atoms with Crippen molar-refractivity contribution in [2.24, 2.45) is 0 Å². The second-order valence-corrected chi connectivity index (χ2v) is 3.86. The van der Waals surface area contributed by atoms with Crippen LogP contribution in [0.5, 0.6) is 0 Å². The molecular weight excluding hydrogens is 200 g/mol. The number of rotatable bonds is 8. The smallest absolute Gasteiger partial charge is 0.333 e. The highest BCUT2D eigenvalue weighted by Gasteiger charge is 2.02. The van der Waals surface area contributed by atoms with Crippen LogP contribution in [-0.4, -0.2) is 12.6 Å². The Labute approximate surface area is 99.4 Å².